The largest absolute Gasteiger partial charge is 0.486 e. The minimum Gasteiger partial charge on any atom is -0.486 e. The van der Waals surface area contributed by atoms with E-state index in [9.17, 15) is 0 Å². The Kier molecular flexibility index (Phi) is 5.88. The van der Waals surface area contributed by atoms with Gasteiger partial charge in [-0.05, 0) is 12.2 Å². The zero-order valence-corrected chi connectivity index (χ0v) is 7.80. The Labute approximate surface area is 74.2 Å². The molecule has 0 amide bonds. The van der Waals surface area contributed by atoms with E-state index in [-0.39, 0.29) is 0 Å². The fourth-order valence-electron chi connectivity index (χ4n) is 0.765. The molecule has 12 heavy (non-hydrogen) atoms. The Morgan fingerprint density at radius 3 is 1.58 bits per heavy atom. The molecule has 0 unspecified atom stereocenters. The maximum absolute atomic E-state index is 5.20. The van der Waals surface area contributed by atoms with Crippen LogP contribution in [0.2, 0.25) is 0 Å². The van der Waals surface area contributed by atoms with E-state index in [0.717, 1.165) is 0 Å². The van der Waals surface area contributed by atoms with E-state index >= 15 is 0 Å². The van der Waals surface area contributed by atoms with Crippen LogP contribution in [-0.2, 0) is 9.47 Å². The van der Waals surface area contributed by atoms with Gasteiger partial charge in [-0.25, -0.2) is 0 Å². The van der Waals surface area contributed by atoms with Crippen molar-refractivity contribution in [2.24, 2.45) is 0 Å². The molecule has 1 rings (SSSR count). The summed E-state index contributed by atoms with van der Waals surface area (Å²) in [6.45, 7) is 12.3. The normalized spacial score (nSPS) is 14.8. The smallest absolute Gasteiger partial charge is 0.160 e. The molecule has 0 saturated carbocycles. The maximum atomic E-state index is 5.20. The highest BCUT2D eigenvalue weighted by molar-refractivity contribution is 5.22. The first-order chi connectivity index (χ1) is 5.88. The molecule has 0 N–H and O–H groups in total. The molecule has 0 fully saturated rings. The van der Waals surface area contributed by atoms with Gasteiger partial charge in [0.05, 0.1) is 0 Å². The van der Waals surface area contributed by atoms with Crippen LogP contribution in [0.4, 0.5) is 0 Å². The van der Waals surface area contributed by atoms with Gasteiger partial charge in [-0.1, -0.05) is 27.0 Å². The van der Waals surface area contributed by atoms with Gasteiger partial charge in [0.2, 0.25) is 0 Å². The van der Waals surface area contributed by atoms with Crippen LogP contribution in [0.3, 0.4) is 0 Å². The third kappa shape index (κ3) is 2.82. The number of allylic oxidation sites excluding steroid dienone is 2. The third-order valence-corrected chi connectivity index (χ3v) is 1.21. The summed E-state index contributed by atoms with van der Waals surface area (Å²) >= 11 is 0. The van der Waals surface area contributed by atoms with E-state index in [1.807, 2.05) is 13.8 Å². The van der Waals surface area contributed by atoms with Gasteiger partial charge in [0.1, 0.15) is 13.2 Å². The second-order valence-corrected chi connectivity index (χ2v) is 1.83. The monoisotopic (exact) mass is 168 g/mol. The highest BCUT2D eigenvalue weighted by atomic mass is 16.6. The fourth-order valence-corrected chi connectivity index (χ4v) is 0.765. The van der Waals surface area contributed by atoms with Crippen LogP contribution in [0.25, 0.3) is 0 Å². The molecule has 2 nitrogen and oxygen atoms in total. The van der Waals surface area contributed by atoms with Crippen molar-refractivity contribution in [3.63, 3.8) is 0 Å². The van der Waals surface area contributed by atoms with Gasteiger partial charge in [0.15, 0.2) is 11.5 Å². The van der Waals surface area contributed by atoms with Gasteiger partial charge >= 0.3 is 0 Å². The molecular weight excluding hydrogens is 152 g/mol. The zero-order valence-electron chi connectivity index (χ0n) is 7.80. The summed E-state index contributed by atoms with van der Waals surface area (Å²) < 4.78 is 10.4. The molecule has 0 bridgehead atoms. The van der Waals surface area contributed by atoms with Crippen LogP contribution in [0.15, 0.2) is 36.8 Å². The number of ether oxygens (including phenoxy) is 2. The first-order valence-corrected chi connectivity index (χ1v) is 4.13. The molecule has 0 aromatic rings. The van der Waals surface area contributed by atoms with Crippen LogP contribution < -0.4 is 0 Å². The molecule has 1 heterocycles. The predicted octanol–water partition coefficient (Wildman–Crippen LogP) is 2.64. The summed E-state index contributed by atoms with van der Waals surface area (Å²) in [4.78, 5) is 0. The van der Waals surface area contributed by atoms with Crippen molar-refractivity contribution >= 4 is 0 Å². The molecule has 2 heteroatoms. The highest BCUT2D eigenvalue weighted by Gasteiger charge is 2.08. The minimum atomic E-state index is 0.596. The van der Waals surface area contributed by atoms with Gasteiger partial charge in [-0.3, -0.25) is 0 Å². The first-order valence-electron chi connectivity index (χ1n) is 4.13. The third-order valence-electron chi connectivity index (χ3n) is 1.21. The summed E-state index contributed by atoms with van der Waals surface area (Å²) in [5.41, 5.74) is 0. The Bertz CT molecular complexity index is 160. The van der Waals surface area contributed by atoms with Gasteiger partial charge in [0, 0.05) is 0 Å². The number of rotatable bonds is 2. The van der Waals surface area contributed by atoms with Crippen molar-refractivity contribution in [2.45, 2.75) is 13.8 Å². The molecule has 0 aliphatic carbocycles. The van der Waals surface area contributed by atoms with Crippen LogP contribution in [0, 0.1) is 0 Å². The van der Waals surface area contributed by atoms with Crippen molar-refractivity contribution in [1.29, 1.82) is 0 Å². The van der Waals surface area contributed by atoms with E-state index in [0.29, 0.717) is 24.7 Å². The maximum Gasteiger partial charge on any atom is 0.160 e. The van der Waals surface area contributed by atoms with Crippen molar-refractivity contribution in [3.8, 4) is 0 Å². The lowest BCUT2D eigenvalue weighted by Gasteiger charge is -2.17. The molecule has 0 aromatic carbocycles. The topological polar surface area (TPSA) is 18.5 Å². The van der Waals surface area contributed by atoms with E-state index < -0.39 is 0 Å². The molecule has 1 aliphatic rings. The lowest BCUT2D eigenvalue weighted by atomic mass is 10.3. The zero-order chi connectivity index (χ0) is 9.40. The SMILES string of the molecule is C=CC1=C(C=C)OCCO1.CC. The van der Waals surface area contributed by atoms with Crippen LogP contribution in [-0.4, -0.2) is 13.2 Å². The van der Waals surface area contributed by atoms with Crippen molar-refractivity contribution in [2.75, 3.05) is 13.2 Å². The molecular formula is C10H16O2. The summed E-state index contributed by atoms with van der Waals surface area (Å²) in [6.07, 6.45) is 3.24. The first kappa shape index (κ1) is 10.8. The average Bonchev–Trinajstić information content (AvgIpc) is 2.20. The number of hydrogen-bond acceptors (Lipinski definition) is 2. The molecule has 68 valence electrons. The van der Waals surface area contributed by atoms with Gasteiger partial charge < -0.3 is 9.47 Å². The van der Waals surface area contributed by atoms with E-state index in [1.165, 1.54) is 0 Å². The van der Waals surface area contributed by atoms with Gasteiger partial charge in [-0.15, -0.1) is 0 Å². The molecule has 0 spiro atoms. The van der Waals surface area contributed by atoms with Crippen LogP contribution in [0.1, 0.15) is 13.8 Å². The Balaban J connectivity index is 0.000000561. The second kappa shape index (κ2) is 6.53. The quantitative estimate of drug-likeness (QED) is 0.631. The Morgan fingerprint density at radius 1 is 1.00 bits per heavy atom. The van der Waals surface area contributed by atoms with E-state index in [2.05, 4.69) is 13.2 Å². The summed E-state index contributed by atoms with van der Waals surface area (Å²) in [6, 6.07) is 0. The van der Waals surface area contributed by atoms with Crippen LogP contribution in [0.5, 0.6) is 0 Å². The van der Waals surface area contributed by atoms with E-state index in [4.69, 9.17) is 9.47 Å². The Morgan fingerprint density at radius 2 is 1.33 bits per heavy atom. The second-order valence-electron chi connectivity index (χ2n) is 1.83. The molecule has 0 saturated heterocycles. The molecule has 0 atom stereocenters. The minimum absolute atomic E-state index is 0.596. The van der Waals surface area contributed by atoms with Gasteiger partial charge in [-0.2, -0.15) is 0 Å². The fraction of sp³-hybridized carbons (Fsp3) is 0.400. The molecule has 1 aliphatic heterocycles. The lowest BCUT2D eigenvalue weighted by molar-refractivity contribution is 0.0771. The standard InChI is InChI=1S/C8H10O2.C2H6/c1-3-7-8(4-2)10-6-5-9-7;1-2/h3-4H,1-2,5-6H2;1-2H3. The van der Waals surface area contributed by atoms with Crippen molar-refractivity contribution in [3.05, 3.63) is 36.8 Å². The van der Waals surface area contributed by atoms with Crippen LogP contribution >= 0.6 is 0 Å². The van der Waals surface area contributed by atoms with E-state index in [1.54, 1.807) is 12.2 Å². The average molecular weight is 168 g/mol. The summed E-state index contributed by atoms with van der Waals surface area (Å²) in [5.74, 6) is 1.36. The van der Waals surface area contributed by atoms with Gasteiger partial charge in [0.25, 0.3) is 0 Å². The predicted molar refractivity (Wildman–Crippen MR) is 50.7 cm³/mol. The Hall–Kier alpha value is -1.18. The van der Waals surface area contributed by atoms with Crippen molar-refractivity contribution in [1.82, 2.24) is 0 Å². The molecule has 0 radical (unpaired) electrons. The summed E-state index contributed by atoms with van der Waals surface area (Å²) in [5, 5.41) is 0. The van der Waals surface area contributed by atoms with Crippen molar-refractivity contribution < 1.29 is 9.47 Å². The summed E-state index contributed by atoms with van der Waals surface area (Å²) in [7, 11) is 0. The lowest BCUT2D eigenvalue weighted by Crippen LogP contribution is -2.11. The number of hydrogen-bond donors (Lipinski definition) is 0. The molecule has 0 aromatic heterocycles. The highest BCUT2D eigenvalue weighted by Crippen LogP contribution is 2.14.